The molecule has 0 saturated carbocycles. The van der Waals surface area contributed by atoms with E-state index in [-0.39, 0.29) is 11.8 Å². The summed E-state index contributed by atoms with van der Waals surface area (Å²) in [5.74, 6) is -1.40. The van der Waals surface area contributed by atoms with Gasteiger partial charge < -0.3 is 5.11 Å². The van der Waals surface area contributed by atoms with Crippen LogP contribution in [0.4, 0.5) is 0 Å². The van der Waals surface area contributed by atoms with Gasteiger partial charge in [0.1, 0.15) is 0 Å². The van der Waals surface area contributed by atoms with Gasteiger partial charge in [0.05, 0.1) is 5.92 Å². The smallest absolute Gasteiger partial charge is 0.306 e. The molecule has 1 aromatic rings. The normalized spacial score (nSPS) is 33.0. The Kier molecular flexibility index (Phi) is 5.57. The van der Waals surface area contributed by atoms with E-state index in [4.69, 9.17) is 0 Å². The Labute approximate surface area is 150 Å². The Hall–Kier alpha value is -1.88. The lowest BCUT2D eigenvalue weighted by molar-refractivity contribution is -0.167. The fraction of sp³-hybridized carbons (Fsp3) is 0.600. The molecule has 1 heterocycles. The standard InChI is InChI=1S/C20H30N2O3/c1-6-19(4)13-16(18(24)25)14(3)20(5,7-2)22(19)21-17(23)15-11-9-8-10-12-15/h8-12,14,16H,6-7,13H2,1-5H3,(H,21,23)(H,24,25). The molecule has 4 unspecified atom stereocenters. The molecule has 1 aliphatic rings. The van der Waals surface area contributed by atoms with Gasteiger partial charge >= 0.3 is 5.97 Å². The Morgan fingerprint density at radius 1 is 1.20 bits per heavy atom. The second-order valence-electron chi connectivity index (χ2n) is 7.64. The van der Waals surface area contributed by atoms with Crippen molar-refractivity contribution in [2.45, 2.75) is 65.0 Å². The predicted molar refractivity (Wildman–Crippen MR) is 98.0 cm³/mol. The highest BCUT2D eigenvalue weighted by Gasteiger charge is 2.55. The van der Waals surface area contributed by atoms with Crippen LogP contribution in [0.1, 0.15) is 64.2 Å². The van der Waals surface area contributed by atoms with Gasteiger partial charge in [0, 0.05) is 16.6 Å². The van der Waals surface area contributed by atoms with E-state index in [0.717, 1.165) is 12.8 Å². The fourth-order valence-corrected chi connectivity index (χ4v) is 4.10. The summed E-state index contributed by atoms with van der Waals surface area (Å²) in [6, 6.07) is 9.13. The van der Waals surface area contributed by atoms with Gasteiger partial charge in [-0.2, -0.15) is 0 Å². The molecule has 25 heavy (non-hydrogen) atoms. The highest BCUT2D eigenvalue weighted by molar-refractivity contribution is 5.93. The zero-order chi connectivity index (χ0) is 18.8. The van der Waals surface area contributed by atoms with Crippen molar-refractivity contribution >= 4 is 11.9 Å². The number of hydrazine groups is 1. The number of carboxylic acids is 1. The van der Waals surface area contributed by atoms with Crippen LogP contribution in [-0.2, 0) is 4.79 Å². The van der Waals surface area contributed by atoms with Crippen LogP contribution in [0.15, 0.2) is 30.3 Å². The van der Waals surface area contributed by atoms with E-state index in [0.29, 0.717) is 12.0 Å². The topological polar surface area (TPSA) is 69.6 Å². The van der Waals surface area contributed by atoms with Crippen molar-refractivity contribution in [1.29, 1.82) is 0 Å². The monoisotopic (exact) mass is 346 g/mol. The highest BCUT2D eigenvalue weighted by atomic mass is 16.4. The summed E-state index contributed by atoms with van der Waals surface area (Å²) in [6.07, 6.45) is 2.03. The van der Waals surface area contributed by atoms with Crippen molar-refractivity contribution < 1.29 is 14.7 Å². The molecule has 5 heteroatoms. The summed E-state index contributed by atoms with van der Waals surface area (Å²) in [5, 5.41) is 11.7. The maximum absolute atomic E-state index is 12.8. The number of hydrogen-bond donors (Lipinski definition) is 2. The Balaban J connectivity index is 2.41. The van der Waals surface area contributed by atoms with Gasteiger partial charge in [-0.15, -0.1) is 0 Å². The molecule has 0 radical (unpaired) electrons. The third-order valence-corrected chi connectivity index (χ3v) is 6.34. The largest absolute Gasteiger partial charge is 0.481 e. The number of aliphatic carboxylic acids is 1. The molecule has 0 aliphatic carbocycles. The minimum atomic E-state index is -0.749. The minimum Gasteiger partial charge on any atom is -0.481 e. The fourth-order valence-electron chi connectivity index (χ4n) is 4.10. The van der Waals surface area contributed by atoms with Crippen molar-refractivity contribution in [1.82, 2.24) is 10.4 Å². The van der Waals surface area contributed by atoms with Crippen molar-refractivity contribution in [3.63, 3.8) is 0 Å². The SMILES string of the molecule is CCC1(C)CC(C(=O)O)C(C)C(C)(CC)N1NC(=O)c1ccccc1. The maximum Gasteiger partial charge on any atom is 0.306 e. The minimum absolute atomic E-state index is 0.0781. The zero-order valence-corrected chi connectivity index (χ0v) is 15.9. The second kappa shape index (κ2) is 7.16. The predicted octanol–water partition coefficient (Wildman–Crippen LogP) is 3.71. The number of piperidine rings is 1. The van der Waals surface area contributed by atoms with E-state index in [1.165, 1.54) is 0 Å². The van der Waals surface area contributed by atoms with Crippen LogP contribution in [0.2, 0.25) is 0 Å². The number of nitrogens with zero attached hydrogens (tertiary/aromatic N) is 1. The van der Waals surface area contributed by atoms with E-state index in [1.54, 1.807) is 12.1 Å². The van der Waals surface area contributed by atoms with Crippen LogP contribution in [0, 0.1) is 11.8 Å². The maximum atomic E-state index is 12.8. The van der Waals surface area contributed by atoms with E-state index < -0.39 is 23.0 Å². The number of rotatable bonds is 5. The molecule has 1 saturated heterocycles. The first-order valence-corrected chi connectivity index (χ1v) is 9.08. The highest BCUT2D eigenvalue weighted by Crippen LogP contribution is 2.47. The lowest BCUT2D eigenvalue weighted by atomic mass is 9.65. The molecule has 2 N–H and O–H groups in total. The molecular weight excluding hydrogens is 316 g/mol. The number of hydrogen-bond acceptors (Lipinski definition) is 3. The zero-order valence-electron chi connectivity index (χ0n) is 15.9. The number of carbonyl (C=O) groups excluding carboxylic acids is 1. The summed E-state index contributed by atoms with van der Waals surface area (Å²) in [6.45, 7) is 10.2. The third kappa shape index (κ3) is 3.43. The second-order valence-corrected chi connectivity index (χ2v) is 7.64. The lowest BCUT2D eigenvalue weighted by Gasteiger charge is -2.59. The molecule has 4 atom stereocenters. The first-order chi connectivity index (χ1) is 11.7. The molecule has 1 aromatic carbocycles. The quantitative estimate of drug-likeness (QED) is 0.853. The number of benzene rings is 1. The molecule has 1 aliphatic heterocycles. The van der Waals surface area contributed by atoms with E-state index in [1.807, 2.05) is 44.0 Å². The van der Waals surface area contributed by atoms with Crippen LogP contribution >= 0.6 is 0 Å². The van der Waals surface area contributed by atoms with Crippen molar-refractivity contribution in [3.05, 3.63) is 35.9 Å². The number of carbonyl (C=O) groups is 2. The molecule has 1 amide bonds. The number of nitrogens with one attached hydrogen (secondary N) is 1. The average Bonchev–Trinajstić information content (AvgIpc) is 2.62. The molecule has 1 fully saturated rings. The molecule has 138 valence electrons. The first kappa shape index (κ1) is 19.4. The Bertz CT molecular complexity index is 633. The lowest BCUT2D eigenvalue weighted by Crippen LogP contribution is -2.72. The van der Waals surface area contributed by atoms with Crippen molar-refractivity contribution in [2.75, 3.05) is 0 Å². The van der Waals surface area contributed by atoms with E-state index in [2.05, 4.69) is 19.3 Å². The van der Waals surface area contributed by atoms with Crippen LogP contribution in [0.3, 0.4) is 0 Å². The first-order valence-electron chi connectivity index (χ1n) is 9.08. The van der Waals surface area contributed by atoms with Crippen molar-refractivity contribution in [2.24, 2.45) is 11.8 Å². The number of amides is 1. The van der Waals surface area contributed by atoms with Crippen LogP contribution in [-0.4, -0.2) is 33.1 Å². The summed E-state index contributed by atoms with van der Waals surface area (Å²) >= 11 is 0. The average molecular weight is 346 g/mol. The van der Waals surface area contributed by atoms with Crippen LogP contribution in [0.5, 0.6) is 0 Å². The van der Waals surface area contributed by atoms with E-state index in [9.17, 15) is 14.7 Å². The molecular formula is C20H30N2O3. The molecule has 0 spiro atoms. The van der Waals surface area contributed by atoms with Crippen molar-refractivity contribution in [3.8, 4) is 0 Å². The summed E-state index contributed by atoms with van der Waals surface area (Å²) in [7, 11) is 0. The summed E-state index contributed by atoms with van der Waals surface area (Å²) in [5.41, 5.74) is 2.87. The van der Waals surface area contributed by atoms with Gasteiger partial charge in [0.2, 0.25) is 0 Å². The van der Waals surface area contributed by atoms with Crippen LogP contribution < -0.4 is 5.43 Å². The van der Waals surface area contributed by atoms with Gasteiger partial charge in [-0.05, 0) is 51.2 Å². The Morgan fingerprint density at radius 2 is 1.80 bits per heavy atom. The molecule has 5 nitrogen and oxygen atoms in total. The van der Waals surface area contributed by atoms with Gasteiger partial charge in [-0.1, -0.05) is 39.0 Å². The Morgan fingerprint density at radius 3 is 2.28 bits per heavy atom. The van der Waals surface area contributed by atoms with Gasteiger partial charge in [-0.25, -0.2) is 5.01 Å². The third-order valence-electron chi connectivity index (χ3n) is 6.34. The van der Waals surface area contributed by atoms with E-state index >= 15 is 0 Å². The van der Waals surface area contributed by atoms with Gasteiger partial charge in [0.25, 0.3) is 5.91 Å². The summed E-state index contributed by atoms with van der Waals surface area (Å²) < 4.78 is 0. The van der Waals surface area contributed by atoms with Crippen LogP contribution in [0.25, 0.3) is 0 Å². The molecule has 0 aromatic heterocycles. The molecule has 0 bridgehead atoms. The number of carboxylic acid groups (broad SMARTS) is 1. The summed E-state index contributed by atoms with van der Waals surface area (Å²) in [4.78, 5) is 24.6. The van der Waals surface area contributed by atoms with Gasteiger partial charge in [-0.3, -0.25) is 15.0 Å². The molecule has 2 rings (SSSR count). The van der Waals surface area contributed by atoms with Gasteiger partial charge in [0.15, 0.2) is 0 Å².